The van der Waals surface area contributed by atoms with Crippen LogP contribution in [0.15, 0.2) is 38.9 Å². The van der Waals surface area contributed by atoms with E-state index in [1.165, 1.54) is 29.6 Å². The van der Waals surface area contributed by atoms with E-state index in [0.717, 1.165) is 24.3 Å². The Morgan fingerprint density at radius 2 is 2.07 bits per heavy atom. The molecule has 0 fully saturated rings. The van der Waals surface area contributed by atoms with Gasteiger partial charge in [-0.05, 0) is 18.2 Å². The van der Waals surface area contributed by atoms with Gasteiger partial charge in [0, 0.05) is 32.2 Å². The van der Waals surface area contributed by atoms with E-state index < -0.39 is 21.3 Å². The molecule has 3 N–H and O–H groups in total. The number of sulfonamides is 1. The van der Waals surface area contributed by atoms with Gasteiger partial charge in [-0.3, -0.25) is 14.5 Å². The van der Waals surface area contributed by atoms with Crippen molar-refractivity contribution < 1.29 is 8.42 Å². The average Bonchev–Trinajstić information content (AvgIpc) is 3.04. The number of benzene rings is 1. The second-order valence-corrected chi connectivity index (χ2v) is 8.44. The van der Waals surface area contributed by atoms with Gasteiger partial charge in [0.25, 0.3) is 5.56 Å². The molecule has 142 valence electrons. The fourth-order valence-electron chi connectivity index (χ4n) is 3.18. The summed E-state index contributed by atoms with van der Waals surface area (Å²) in [6, 6.07) is 4.06. The lowest BCUT2D eigenvalue weighted by Gasteiger charge is -2.20. The topological polar surface area (TPSA) is 133 Å². The van der Waals surface area contributed by atoms with Gasteiger partial charge in [-0.2, -0.15) is 9.40 Å². The molecule has 3 aromatic rings. The number of hydrogen-bond acceptors (Lipinski definition) is 6. The first-order valence-corrected chi connectivity index (χ1v) is 9.77. The van der Waals surface area contributed by atoms with E-state index in [1.807, 2.05) is 4.68 Å². The van der Waals surface area contributed by atoms with Gasteiger partial charge in [-0.25, -0.2) is 13.2 Å². The van der Waals surface area contributed by atoms with Gasteiger partial charge >= 0.3 is 5.69 Å². The molecule has 2 aromatic heterocycles. The lowest BCUT2D eigenvalue weighted by molar-refractivity contribution is 0.450. The maximum absolute atomic E-state index is 12.9. The fourth-order valence-corrected chi connectivity index (χ4v) is 4.36. The van der Waals surface area contributed by atoms with Crippen molar-refractivity contribution >= 4 is 20.9 Å². The van der Waals surface area contributed by atoms with Crippen molar-refractivity contribution in [2.45, 2.75) is 24.5 Å². The van der Waals surface area contributed by atoms with Gasteiger partial charge in [-0.1, -0.05) is 0 Å². The molecule has 11 heteroatoms. The van der Waals surface area contributed by atoms with Crippen LogP contribution in [0.5, 0.6) is 0 Å². The Morgan fingerprint density at radius 3 is 2.89 bits per heavy atom. The van der Waals surface area contributed by atoms with Crippen LogP contribution in [0.2, 0.25) is 0 Å². The molecular formula is C16H18N6O4S. The first-order chi connectivity index (χ1) is 12.9. The summed E-state index contributed by atoms with van der Waals surface area (Å²) < 4.78 is 29.0. The monoisotopic (exact) mass is 390 g/mol. The lowest BCUT2D eigenvalue weighted by Crippen LogP contribution is -2.31. The minimum Gasteiger partial charge on any atom is -0.309 e. The molecule has 4 rings (SSSR count). The number of rotatable bonds is 4. The number of nitrogens with zero attached hydrogens (tertiary/aromatic N) is 3. The number of fused-ring (bicyclic) bond motifs is 2. The second kappa shape index (κ2) is 6.44. The highest BCUT2D eigenvalue weighted by molar-refractivity contribution is 7.89. The average molecular weight is 390 g/mol. The Hall–Kier alpha value is -2.76. The number of H-pyrrole nitrogens is 2. The standard InChI is InChI=1S/C16H18N6O4S/c1-21(9-10-7-18-22-5-4-17-8-14(10)22)27(25,26)11-2-3-13-12(6-11)15(23)20-16(24)19-13/h2-3,6-7,17H,4-5,8-9H2,1H3,(H2,19,20,23,24). The molecule has 1 aliphatic rings. The van der Waals surface area contributed by atoms with Crippen LogP contribution in [0.1, 0.15) is 11.3 Å². The van der Waals surface area contributed by atoms with E-state index in [-0.39, 0.29) is 22.3 Å². The minimum atomic E-state index is -3.83. The summed E-state index contributed by atoms with van der Waals surface area (Å²) in [6.07, 6.45) is 1.68. The summed E-state index contributed by atoms with van der Waals surface area (Å²) in [6.45, 7) is 2.38. The molecule has 0 radical (unpaired) electrons. The normalized spacial score (nSPS) is 14.6. The molecule has 0 saturated carbocycles. The van der Waals surface area contributed by atoms with Gasteiger partial charge in [0.2, 0.25) is 10.0 Å². The SMILES string of the molecule is CN(Cc1cnn2c1CNCC2)S(=O)(=O)c1ccc2[nH]c(=O)[nH]c(=O)c2c1. The van der Waals surface area contributed by atoms with Crippen LogP contribution >= 0.6 is 0 Å². The smallest absolute Gasteiger partial charge is 0.309 e. The molecule has 0 unspecified atom stereocenters. The molecule has 0 atom stereocenters. The summed E-state index contributed by atoms with van der Waals surface area (Å²) in [5.41, 5.74) is 0.805. The second-order valence-electron chi connectivity index (χ2n) is 6.39. The molecule has 0 aliphatic carbocycles. The largest absolute Gasteiger partial charge is 0.326 e. The van der Waals surface area contributed by atoms with Crippen LogP contribution in [0.4, 0.5) is 0 Å². The molecule has 0 amide bonds. The molecule has 0 saturated heterocycles. The first kappa shape index (κ1) is 17.6. The summed E-state index contributed by atoms with van der Waals surface area (Å²) in [7, 11) is -2.35. The van der Waals surface area contributed by atoms with Crippen LogP contribution in [-0.2, 0) is 29.7 Å². The van der Waals surface area contributed by atoms with E-state index >= 15 is 0 Å². The Labute approximate surface area is 153 Å². The predicted molar refractivity (Wildman–Crippen MR) is 97.8 cm³/mol. The molecule has 10 nitrogen and oxygen atoms in total. The van der Waals surface area contributed by atoms with Crippen molar-refractivity contribution in [2.75, 3.05) is 13.6 Å². The van der Waals surface area contributed by atoms with Crippen LogP contribution in [0, 0.1) is 0 Å². The van der Waals surface area contributed by atoms with Crippen molar-refractivity contribution in [3.05, 3.63) is 56.5 Å². The van der Waals surface area contributed by atoms with E-state index in [4.69, 9.17) is 0 Å². The number of nitrogens with one attached hydrogen (secondary N) is 3. The Kier molecular flexibility index (Phi) is 4.21. The first-order valence-electron chi connectivity index (χ1n) is 8.33. The quantitative estimate of drug-likeness (QED) is 0.541. The zero-order valence-corrected chi connectivity index (χ0v) is 15.3. The van der Waals surface area contributed by atoms with E-state index in [0.29, 0.717) is 6.54 Å². The highest BCUT2D eigenvalue weighted by atomic mass is 32.2. The van der Waals surface area contributed by atoms with Gasteiger partial charge < -0.3 is 10.3 Å². The minimum absolute atomic E-state index is 0.0193. The van der Waals surface area contributed by atoms with Crippen molar-refractivity contribution in [1.29, 1.82) is 0 Å². The Balaban J connectivity index is 1.68. The summed E-state index contributed by atoms with van der Waals surface area (Å²) in [5, 5.41) is 7.65. The Morgan fingerprint density at radius 1 is 1.26 bits per heavy atom. The van der Waals surface area contributed by atoms with Gasteiger partial charge in [-0.15, -0.1) is 0 Å². The van der Waals surface area contributed by atoms with Crippen molar-refractivity contribution in [3.8, 4) is 0 Å². The van der Waals surface area contributed by atoms with E-state index in [1.54, 1.807) is 6.20 Å². The Bertz CT molecular complexity index is 1240. The maximum atomic E-state index is 12.9. The van der Waals surface area contributed by atoms with Crippen LogP contribution in [0.3, 0.4) is 0 Å². The van der Waals surface area contributed by atoms with Crippen LogP contribution in [0.25, 0.3) is 10.9 Å². The zero-order chi connectivity index (χ0) is 19.2. The third-order valence-electron chi connectivity index (χ3n) is 4.64. The van der Waals surface area contributed by atoms with Gasteiger partial charge in [0.1, 0.15) is 0 Å². The third kappa shape index (κ3) is 3.09. The van der Waals surface area contributed by atoms with Crippen molar-refractivity contribution in [2.24, 2.45) is 0 Å². The molecule has 0 spiro atoms. The molecule has 27 heavy (non-hydrogen) atoms. The van der Waals surface area contributed by atoms with Gasteiger partial charge in [0.05, 0.1) is 34.2 Å². The van der Waals surface area contributed by atoms with Crippen molar-refractivity contribution in [3.63, 3.8) is 0 Å². The van der Waals surface area contributed by atoms with E-state index in [9.17, 15) is 18.0 Å². The molecule has 1 aliphatic heterocycles. The maximum Gasteiger partial charge on any atom is 0.326 e. The molecule has 3 heterocycles. The number of hydrogen-bond donors (Lipinski definition) is 3. The molecular weight excluding hydrogens is 372 g/mol. The molecule has 0 bridgehead atoms. The van der Waals surface area contributed by atoms with Crippen molar-refractivity contribution in [1.82, 2.24) is 29.4 Å². The summed E-state index contributed by atoms with van der Waals surface area (Å²) in [4.78, 5) is 27.9. The fraction of sp³-hybridized carbons (Fsp3) is 0.312. The highest BCUT2D eigenvalue weighted by Crippen LogP contribution is 2.21. The highest BCUT2D eigenvalue weighted by Gasteiger charge is 2.24. The lowest BCUT2D eigenvalue weighted by atomic mass is 10.2. The van der Waals surface area contributed by atoms with Crippen LogP contribution < -0.4 is 16.6 Å². The third-order valence-corrected chi connectivity index (χ3v) is 6.44. The summed E-state index contributed by atoms with van der Waals surface area (Å²) >= 11 is 0. The number of aromatic nitrogens is 4. The van der Waals surface area contributed by atoms with Gasteiger partial charge in [0.15, 0.2) is 0 Å². The number of aromatic amines is 2. The molecule has 1 aromatic carbocycles. The predicted octanol–water partition coefficient (Wildman–Crippen LogP) is -0.663. The van der Waals surface area contributed by atoms with E-state index in [2.05, 4.69) is 20.4 Å². The van der Waals surface area contributed by atoms with Crippen LogP contribution in [-0.4, -0.2) is 46.1 Å². The zero-order valence-electron chi connectivity index (χ0n) is 14.5. The summed E-state index contributed by atoms with van der Waals surface area (Å²) in [5.74, 6) is 0.